The van der Waals surface area contributed by atoms with Crippen molar-refractivity contribution in [2.24, 2.45) is 4.99 Å². The van der Waals surface area contributed by atoms with Crippen molar-refractivity contribution in [2.45, 2.75) is 9.79 Å². The summed E-state index contributed by atoms with van der Waals surface area (Å²) in [6.07, 6.45) is 0.713. The molecule has 3 aromatic carbocycles. The zero-order chi connectivity index (χ0) is 29.1. The van der Waals surface area contributed by atoms with Gasteiger partial charge in [0.15, 0.2) is 17.3 Å². The maximum Gasteiger partial charge on any atom is 0.336 e. The Morgan fingerprint density at radius 2 is 1.90 bits per heavy atom. The van der Waals surface area contributed by atoms with Crippen LogP contribution in [0.2, 0.25) is 0 Å². The third-order valence-corrected chi connectivity index (χ3v) is 7.07. The van der Waals surface area contributed by atoms with Crippen LogP contribution in [0.1, 0.15) is 21.5 Å². The highest BCUT2D eigenvalue weighted by Crippen LogP contribution is 2.39. The lowest BCUT2D eigenvalue weighted by Gasteiger charge is -2.19. The van der Waals surface area contributed by atoms with Gasteiger partial charge < -0.3 is 24.6 Å². The van der Waals surface area contributed by atoms with Gasteiger partial charge in [0.25, 0.3) is 5.88 Å². The zero-order valence-corrected chi connectivity index (χ0v) is 22.2. The SMILES string of the molecule is CN1CCN=C1c1cc(Sc2ccccc2C(=O)O)ccc1Oc1c(F)cnc(Oc2cc(C#N)ccc2O)c1F. The maximum absolute atomic E-state index is 15.5. The fraction of sp³-hybridized carbons (Fsp3) is 0.103. The minimum absolute atomic E-state index is 0.0812. The molecule has 2 N–H and O–H groups in total. The number of hydrogen-bond donors (Lipinski definition) is 2. The van der Waals surface area contributed by atoms with E-state index in [1.165, 1.54) is 42.1 Å². The van der Waals surface area contributed by atoms with E-state index in [1.807, 2.05) is 18.0 Å². The van der Waals surface area contributed by atoms with Gasteiger partial charge in [-0.1, -0.05) is 23.9 Å². The van der Waals surface area contributed by atoms with E-state index in [0.29, 0.717) is 40.5 Å². The molecule has 4 aromatic rings. The second kappa shape index (κ2) is 11.5. The van der Waals surface area contributed by atoms with Crippen molar-refractivity contribution in [3.05, 3.63) is 95.2 Å². The second-order valence-electron chi connectivity index (χ2n) is 8.74. The number of halogens is 2. The maximum atomic E-state index is 15.5. The first kappa shape index (κ1) is 27.4. The molecule has 5 rings (SSSR count). The van der Waals surface area contributed by atoms with Crippen LogP contribution in [0, 0.1) is 23.0 Å². The topological polar surface area (TPSA) is 128 Å². The van der Waals surface area contributed by atoms with Gasteiger partial charge in [-0.05, 0) is 42.5 Å². The number of amidine groups is 1. The Morgan fingerprint density at radius 1 is 1.10 bits per heavy atom. The van der Waals surface area contributed by atoms with E-state index in [4.69, 9.17) is 14.7 Å². The van der Waals surface area contributed by atoms with E-state index in [9.17, 15) is 19.4 Å². The summed E-state index contributed by atoms with van der Waals surface area (Å²) in [5.74, 6) is -4.94. The number of phenols is 1. The molecule has 0 saturated carbocycles. The Morgan fingerprint density at radius 3 is 2.63 bits per heavy atom. The minimum Gasteiger partial charge on any atom is -0.504 e. The fourth-order valence-electron chi connectivity index (χ4n) is 4.00. The molecule has 1 aliphatic rings. The third kappa shape index (κ3) is 5.75. The summed E-state index contributed by atoms with van der Waals surface area (Å²) >= 11 is 1.21. The number of phenolic OH excluding ortho intramolecular Hbond substituents is 1. The molecule has 1 aliphatic heterocycles. The summed E-state index contributed by atoms with van der Waals surface area (Å²) in [5.41, 5.74) is 0.710. The average molecular weight is 575 g/mol. The smallest absolute Gasteiger partial charge is 0.336 e. The number of rotatable bonds is 8. The van der Waals surface area contributed by atoms with Crippen molar-refractivity contribution in [3.8, 4) is 34.9 Å². The number of likely N-dealkylation sites (N-methyl/N-ethyl adjacent to an activating group) is 1. The van der Waals surface area contributed by atoms with Gasteiger partial charge in [-0.15, -0.1) is 0 Å². The number of benzene rings is 3. The molecule has 0 amide bonds. The molecule has 9 nitrogen and oxygen atoms in total. The number of carbonyl (C=O) groups is 1. The first-order valence-electron chi connectivity index (χ1n) is 12.1. The predicted molar refractivity (Wildman–Crippen MR) is 145 cm³/mol. The van der Waals surface area contributed by atoms with Crippen LogP contribution in [0.5, 0.6) is 28.9 Å². The molecule has 0 spiro atoms. The van der Waals surface area contributed by atoms with Crippen LogP contribution >= 0.6 is 11.8 Å². The fourth-order valence-corrected chi connectivity index (χ4v) is 4.97. The van der Waals surface area contributed by atoms with Gasteiger partial charge in [0.1, 0.15) is 11.6 Å². The van der Waals surface area contributed by atoms with E-state index in [0.717, 1.165) is 0 Å². The Bertz CT molecular complexity index is 1740. The van der Waals surface area contributed by atoms with E-state index in [2.05, 4.69) is 9.98 Å². The van der Waals surface area contributed by atoms with E-state index in [-0.39, 0.29) is 28.4 Å². The predicted octanol–water partition coefficient (Wildman–Crippen LogP) is 6.06. The summed E-state index contributed by atoms with van der Waals surface area (Å²) < 4.78 is 41.5. The molecule has 2 heterocycles. The standard InChI is InChI=1S/C29H20F2N4O5S/c1-35-11-10-33-27(35)19-13-17(41-24-5-3-2-4-18(24)29(37)38)7-9-22(19)39-26-20(30)15-34-28(25(26)31)40-23-12-16(14-32)6-8-21(23)36/h2-9,12-13,15,36H,10-11H2,1H3,(H,37,38). The number of hydrogen-bond acceptors (Lipinski definition) is 9. The largest absolute Gasteiger partial charge is 0.504 e. The Kier molecular flexibility index (Phi) is 7.71. The number of nitrogens with zero attached hydrogens (tertiary/aromatic N) is 4. The van der Waals surface area contributed by atoms with Gasteiger partial charge in [0.05, 0.1) is 35.5 Å². The number of ether oxygens (including phenoxy) is 2. The van der Waals surface area contributed by atoms with Crippen molar-refractivity contribution in [3.63, 3.8) is 0 Å². The lowest BCUT2D eigenvalue weighted by atomic mass is 10.1. The molecule has 12 heteroatoms. The molecule has 0 saturated heterocycles. The van der Waals surface area contributed by atoms with Crippen molar-refractivity contribution < 1.29 is 33.3 Å². The number of carboxylic acid groups (broad SMARTS) is 1. The summed E-state index contributed by atoms with van der Waals surface area (Å²) in [5, 5.41) is 28.7. The highest BCUT2D eigenvalue weighted by Gasteiger charge is 2.25. The first-order chi connectivity index (χ1) is 19.7. The summed E-state index contributed by atoms with van der Waals surface area (Å²) in [6, 6.07) is 17.0. The van der Waals surface area contributed by atoms with Crippen LogP contribution in [0.4, 0.5) is 8.78 Å². The molecule has 0 aliphatic carbocycles. The first-order valence-corrected chi connectivity index (χ1v) is 12.9. The van der Waals surface area contributed by atoms with Crippen LogP contribution < -0.4 is 9.47 Å². The van der Waals surface area contributed by atoms with Crippen LogP contribution in [0.3, 0.4) is 0 Å². The van der Waals surface area contributed by atoms with Gasteiger partial charge >= 0.3 is 5.97 Å². The number of aromatic hydroxyl groups is 1. The molecular formula is C29H20F2N4O5S. The lowest BCUT2D eigenvalue weighted by Crippen LogP contribution is -2.24. The zero-order valence-electron chi connectivity index (χ0n) is 21.3. The molecule has 0 fully saturated rings. The average Bonchev–Trinajstić information content (AvgIpc) is 3.39. The molecule has 1 aromatic heterocycles. The number of carboxylic acids is 1. The van der Waals surface area contributed by atoms with Gasteiger partial charge in [0.2, 0.25) is 11.6 Å². The molecule has 206 valence electrons. The van der Waals surface area contributed by atoms with Crippen LogP contribution in [-0.2, 0) is 0 Å². The van der Waals surface area contributed by atoms with Crippen molar-refractivity contribution in [2.75, 3.05) is 20.1 Å². The monoisotopic (exact) mass is 574 g/mol. The highest BCUT2D eigenvalue weighted by molar-refractivity contribution is 7.99. The number of aliphatic imine (C=N–C) groups is 1. The Labute approximate surface area is 236 Å². The van der Waals surface area contributed by atoms with E-state index in [1.54, 1.807) is 30.3 Å². The normalized spacial score (nSPS) is 12.5. The van der Waals surface area contributed by atoms with Gasteiger partial charge in [-0.2, -0.15) is 9.65 Å². The quantitative estimate of drug-likeness (QED) is 0.258. The van der Waals surface area contributed by atoms with E-state index < -0.39 is 29.2 Å². The summed E-state index contributed by atoms with van der Waals surface area (Å²) in [6.45, 7) is 1.13. The lowest BCUT2D eigenvalue weighted by molar-refractivity contribution is 0.0693. The number of aromatic nitrogens is 1. The molecule has 0 radical (unpaired) electrons. The molecule has 0 unspecified atom stereocenters. The molecule has 0 bridgehead atoms. The van der Waals surface area contributed by atoms with Crippen LogP contribution in [0.15, 0.2) is 81.6 Å². The molecular weight excluding hydrogens is 554 g/mol. The second-order valence-corrected chi connectivity index (χ2v) is 9.86. The minimum atomic E-state index is -1.27. The van der Waals surface area contributed by atoms with Gasteiger partial charge in [-0.3, -0.25) is 4.99 Å². The number of nitriles is 1. The van der Waals surface area contributed by atoms with Crippen LogP contribution in [-0.4, -0.2) is 52.0 Å². The van der Waals surface area contributed by atoms with Crippen LogP contribution in [0.25, 0.3) is 0 Å². The highest BCUT2D eigenvalue weighted by atomic mass is 32.2. The van der Waals surface area contributed by atoms with Crippen molar-refractivity contribution in [1.29, 1.82) is 5.26 Å². The van der Waals surface area contributed by atoms with Crippen molar-refractivity contribution in [1.82, 2.24) is 9.88 Å². The third-order valence-electron chi connectivity index (χ3n) is 6.00. The number of pyridine rings is 1. The molecule has 0 atom stereocenters. The van der Waals surface area contributed by atoms with E-state index >= 15 is 4.39 Å². The number of aromatic carboxylic acids is 1. The van der Waals surface area contributed by atoms with Crippen molar-refractivity contribution >= 4 is 23.6 Å². The Balaban J connectivity index is 1.52. The summed E-state index contributed by atoms with van der Waals surface area (Å²) in [7, 11) is 1.82. The summed E-state index contributed by atoms with van der Waals surface area (Å²) in [4.78, 5) is 22.8. The Hall–Kier alpha value is -5.15. The van der Waals surface area contributed by atoms with Gasteiger partial charge in [-0.25, -0.2) is 14.2 Å². The van der Waals surface area contributed by atoms with Gasteiger partial charge in [0, 0.05) is 29.4 Å². The molecule has 41 heavy (non-hydrogen) atoms.